The molecule has 1 aromatic carbocycles. The fourth-order valence-corrected chi connectivity index (χ4v) is 2.54. The molecule has 1 aromatic rings. The van der Waals surface area contributed by atoms with E-state index in [1.807, 2.05) is 0 Å². The van der Waals surface area contributed by atoms with Gasteiger partial charge in [0, 0.05) is 11.6 Å². The smallest absolute Gasteiger partial charge is 0.387 e. The van der Waals surface area contributed by atoms with E-state index in [-0.39, 0.29) is 23.3 Å². The third-order valence-electron chi connectivity index (χ3n) is 3.52. The van der Waals surface area contributed by atoms with Crippen LogP contribution in [0, 0.1) is 5.92 Å². The van der Waals surface area contributed by atoms with Gasteiger partial charge in [-0.15, -0.1) is 0 Å². The molecule has 1 aliphatic carbocycles. The molecule has 2 atom stereocenters. The number of alkyl halides is 2. The minimum absolute atomic E-state index is 0.0875. The summed E-state index contributed by atoms with van der Waals surface area (Å²) in [4.78, 5) is 23.4. The number of rotatable bonds is 5. The first-order chi connectivity index (χ1) is 9.97. The zero-order chi connectivity index (χ0) is 15.4. The second-order valence-electron chi connectivity index (χ2n) is 4.93. The zero-order valence-electron chi connectivity index (χ0n) is 11.2. The lowest BCUT2D eigenvalue weighted by molar-refractivity contribution is -0.122. The quantitative estimate of drug-likeness (QED) is 0.867. The Morgan fingerprint density at radius 2 is 2.10 bits per heavy atom. The molecule has 0 spiro atoms. The molecule has 114 valence electrons. The molecule has 1 fully saturated rings. The molecule has 0 bridgehead atoms. The second kappa shape index (κ2) is 6.51. The van der Waals surface area contributed by atoms with Gasteiger partial charge < -0.3 is 15.8 Å². The highest BCUT2D eigenvalue weighted by atomic mass is 19.3. The number of carbonyl (C=O) groups is 2. The van der Waals surface area contributed by atoms with Crippen molar-refractivity contribution in [2.75, 3.05) is 0 Å². The van der Waals surface area contributed by atoms with Gasteiger partial charge in [0.2, 0.25) is 5.91 Å². The summed E-state index contributed by atoms with van der Waals surface area (Å²) in [6, 6.07) is 5.20. The maximum atomic E-state index is 12.1. The highest BCUT2D eigenvalue weighted by Gasteiger charge is 2.32. The number of hydrogen-bond acceptors (Lipinski definition) is 3. The number of hydrogen-bond donors (Lipinski definition) is 2. The Bertz CT molecular complexity index is 537. The molecule has 5 nitrogen and oxygen atoms in total. The summed E-state index contributed by atoms with van der Waals surface area (Å²) in [5, 5.41) is 2.72. The van der Waals surface area contributed by atoms with Crippen molar-refractivity contribution in [2.45, 2.75) is 31.9 Å². The third kappa shape index (κ3) is 3.90. The van der Waals surface area contributed by atoms with Gasteiger partial charge in [-0.1, -0.05) is 12.5 Å². The van der Waals surface area contributed by atoms with Gasteiger partial charge in [0.05, 0.1) is 5.92 Å². The van der Waals surface area contributed by atoms with Crippen LogP contribution in [0.4, 0.5) is 8.78 Å². The molecule has 0 radical (unpaired) electrons. The molecule has 0 aliphatic heterocycles. The fourth-order valence-electron chi connectivity index (χ4n) is 2.54. The average molecular weight is 298 g/mol. The van der Waals surface area contributed by atoms with Crippen molar-refractivity contribution in [3.8, 4) is 5.75 Å². The topological polar surface area (TPSA) is 81.4 Å². The summed E-state index contributed by atoms with van der Waals surface area (Å²) in [6.45, 7) is -2.95. The van der Waals surface area contributed by atoms with Crippen LogP contribution in [0.5, 0.6) is 5.75 Å². The molecule has 7 heteroatoms. The third-order valence-corrected chi connectivity index (χ3v) is 3.52. The SMILES string of the molecule is NC(=O)[C@@H]1CCC[C@@H]1NC(=O)c1cccc(OC(F)F)c1. The minimum Gasteiger partial charge on any atom is -0.435 e. The van der Waals surface area contributed by atoms with Crippen molar-refractivity contribution < 1.29 is 23.1 Å². The van der Waals surface area contributed by atoms with E-state index in [9.17, 15) is 18.4 Å². The summed E-state index contributed by atoms with van der Waals surface area (Å²) < 4.78 is 28.5. The van der Waals surface area contributed by atoms with Crippen LogP contribution >= 0.6 is 0 Å². The number of nitrogens with one attached hydrogen (secondary N) is 1. The maximum Gasteiger partial charge on any atom is 0.387 e. The first-order valence-electron chi connectivity index (χ1n) is 6.62. The fraction of sp³-hybridized carbons (Fsp3) is 0.429. The lowest BCUT2D eigenvalue weighted by atomic mass is 10.0. The van der Waals surface area contributed by atoms with E-state index in [4.69, 9.17) is 5.73 Å². The number of ether oxygens (including phenoxy) is 1. The second-order valence-corrected chi connectivity index (χ2v) is 4.93. The van der Waals surface area contributed by atoms with Crippen LogP contribution in [0.25, 0.3) is 0 Å². The summed E-state index contributed by atoms with van der Waals surface area (Å²) >= 11 is 0. The number of benzene rings is 1. The highest BCUT2D eigenvalue weighted by Crippen LogP contribution is 2.26. The van der Waals surface area contributed by atoms with E-state index in [0.29, 0.717) is 12.8 Å². The standard InChI is InChI=1S/C14H16F2N2O3/c15-14(16)21-9-4-1-3-8(7-9)13(20)18-11-6-2-5-10(11)12(17)19/h1,3-4,7,10-11,14H,2,5-6H2,(H2,17,19)(H,18,20)/t10-,11+/m1/s1. The predicted molar refractivity (Wildman–Crippen MR) is 70.9 cm³/mol. The molecule has 2 rings (SSSR count). The van der Waals surface area contributed by atoms with Crippen LogP contribution in [0.1, 0.15) is 29.6 Å². The van der Waals surface area contributed by atoms with Crippen LogP contribution in [-0.4, -0.2) is 24.5 Å². The molecule has 21 heavy (non-hydrogen) atoms. The Kier molecular flexibility index (Phi) is 4.72. The van der Waals surface area contributed by atoms with Crippen LogP contribution in [0.2, 0.25) is 0 Å². The molecule has 1 aliphatic rings. The van der Waals surface area contributed by atoms with Crippen molar-refractivity contribution in [3.05, 3.63) is 29.8 Å². The predicted octanol–water partition coefficient (Wildman–Crippen LogP) is 1.67. The molecular formula is C14H16F2N2O3. The van der Waals surface area contributed by atoms with Crippen LogP contribution in [0.15, 0.2) is 24.3 Å². The van der Waals surface area contributed by atoms with Gasteiger partial charge in [0.25, 0.3) is 5.91 Å². The number of carbonyl (C=O) groups excluding carboxylic acids is 2. The molecule has 0 heterocycles. The monoisotopic (exact) mass is 298 g/mol. The maximum absolute atomic E-state index is 12.1. The van der Waals surface area contributed by atoms with Crippen LogP contribution in [-0.2, 0) is 4.79 Å². The molecule has 0 saturated heterocycles. The summed E-state index contributed by atoms with van der Waals surface area (Å²) in [7, 11) is 0. The van der Waals surface area contributed by atoms with E-state index < -0.39 is 18.4 Å². The minimum atomic E-state index is -2.95. The zero-order valence-corrected chi connectivity index (χ0v) is 11.2. The first-order valence-corrected chi connectivity index (χ1v) is 6.62. The van der Waals surface area contributed by atoms with Gasteiger partial charge in [-0.25, -0.2) is 0 Å². The molecule has 0 aromatic heterocycles. The molecule has 0 unspecified atom stereocenters. The van der Waals surface area contributed by atoms with Gasteiger partial charge in [0.15, 0.2) is 0 Å². The number of amides is 2. The van der Waals surface area contributed by atoms with Crippen LogP contribution < -0.4 is 15.8 Å². The van der Waals surface area contributed by atoms with Crippen molar-refractivity contribution in [2.24, 2.45) is 11.7 Å². The molecule has 3 N–H and O–H groups in total. The summed E-state index contributed by atoms with van der Waals surface area (Å²) in [6.07, 6.45) is 2.13. The first kappa shape index (κ1) is 15.2. The van der Waals surface area contributed by atoms with E-state index in [0.717, 1.165) is 6.42 Å². The van der Waals surface area contributed by atoms with Gasteiger partial charge in [0.1, 0.15) is 5.75 Å². The van der Waals surface area contributed by atoms with Crippen molar-refractivity contribution >= 4 is 11.8 Å². The molecule has 2 amide bonds. The Balaban J connectivity index is 2.04. The lowest BCUT2D eigenvalue weighted by Gasteiger charge is -2.18. The van der Waals surface area contributed by atoms with Gasteiger partial charge in [-0.05, 0) is 31.0 Å². The van der Waals surface area contributed by atoms with Crippen molar-refractivity contribution in [3.63, 3.8) is 0 Å². The van der Waals surface area contributed by atoms with E-state index in [1.54, 1.807) is 0 Å². The number of primary amides is 1. The largest absolute Gasteiger partial charge is 0.435 e. The lowest BCUT2D eigenvalue weighted by Crippen LogP contribution is -2.42. The van der Waals surface area contributed by atoms with Crippen molar-refractivity contribution in [1.29, 1.82) is 0 Å². The number of nitrogens with two attached hydrogens (primary N) is 1. The number of halogens is 2. The normalized spacial score (nSPS) is 21.3. The highest BCUT2D eigenvalue weighted by molar-refractivity contribution is 5.95. The molecule has 1 saturated carbocycles. The Labute approximate surface area is 120 Å². The van der Waals surface area contributed by atoms with E-state index >= 15 is 0 Å². The average Bonchev–Trinajstić information content (AvgIpc) is 2.86. The van der Waals surface area contributed by atoms with Crippen molar-refractivity contribution in [1.82, 2.24) is 5.32 Å². The summed E-state index contributed by atoms with van der Waals surface area (Å²) in [5.74, 6) is -1.34. The Morgan fingerprint density at radius 3 is 2.76 bits per heavy atom. The molecular weight excluding hydrogens is 282 g/mol. The van der Waals surface area contributed by atoms with E-state index in [1.165, 1.54) is 24.3 Å². The Morgan fingerprint density at radius 1 is 1.33 bits per heavy atom. The van der Waals surface area contributed by atoms with Gasteiger partial charge in [-0.2, -0.15) is 8.78 Å². The van der Waals surface area contributed by atoms with Gasteiger partial charge in [-0.3, -0.25) is 9.59 Å². The van der Waals surface area contributed by atoms with E-state index in [2.05, 4.69) is 10.1 Å². The Hall–Kier alpha value is -2.18. The summed E-state index contributed by atoms with van der Waals surface area (Å²) in [5.41, 5.74) is 5.49. The van der Waals surface area contributed by atoms with Crippen LogP contribution in [0.3, 0.4) is 0 Å². The van der Waals surface area contributed by atoms with Gasteiger partial charge >= 0.3 is 6.61 Å².